The van der Waals surface area contributed by atoms with Crippen LogP contribution in [0.2, 0.25) is 0 Å². The molecule has 0 aliphatic rings. The standard InChI is InChI=1S/C16H18BrNO/c1-12-9-14(5-8-16(12)19-2)11-18-10-13-3-6-15(17)7-4-13/h3-9,18H,10-11H2,1-2H3. The molecule has 0 unspecified atom stereocenters. The van der Waals surface area contributed by atoms with Gasteiger partial charge in [0.1, 0.15) is 5.75 Å². The molecule has 100 valence electrons. The summed E-state index contributed by atoms with van der Waals surface area (Å²) in [6, 6.07) is 14.6. The van der Waals surface area contributed by atoms with Crippen LogP contribution < -0.4 is 10.1 Å². The van der Waals surface area contributed by atoms with Crippen molar-refractivity contribution in [3.63, 3.8) is 0 Å². The van der Waals surface area contributed by atoms with E-state index in [2.05, 4.69) is 64.6 Å². The van der Waals surface area contributed by atoms with Gasteiger partial charge in [0.15, 0.2) is 0 Å². The van der Waals surface area contributed by atoms with E-state index in [4.69, 9.17) is 4.74 Å². The van der Waals surface area contributed by atoms with Crippen LogP contribution in [0, 0.1) is 6.92 Å². The van der Waals surface area contributed by atoms with Gasteiger partial charge in [-0.05, 0) is 41.8 Å². The quantitative estimate of drug-likeness (QED) is 0.897. The maximum Gasteiger partial charge on any atom is 0.121 e. The van der Waals surface area contributed by atoms with Crippen molar-refractivity contribution in [1.82, 2.24) is 5.32 Å². The SMILES string of the molecule is COc1ccc(CNCc2ccc(Br)cc2)cc1C. The van der Waals surface area contributed by atoms with Crippen LogP contribution in [-0.2, 0) is 13.1 Å². The number of methoxy groups -OCH3 is 1. The zero-order chi connectivity index (χ0) is 13.7. The zero-order valence-electron chi connectivity index (χ0n) is 11.2. The third-order valence-corrected chi connectivity index (χ3v) is 3.56. The van der Waals surface area contributed by atoms with Crippen molar-refractivity contribution in [2.24, 2.45) is 0 Å². The lowest BCUT2D eigenvalue weighted by atomic mass is 10.1. The van der Waals surface area contributed by atoms with Gasteiger partial charge in [-0.2, -0.15) is 0 Å². The van der Waals surface area contributed by atoms with E-state index < -0.39 is 0 Å². The first-order valence-corrected chi connectivity index (χ1v) is 7.07. The van der Waals surface area contributed by atoms with Crippen molar-refractivity contribution in [2.75, 3.05) is 7.11 Å². The van der Waals surface area contributed by atoms with Gasteiger partial charge >= 0.3 is 0 Å². The van der Waals surface area contributed by atoms with E-state index in [1.807, 2.05) is 6.07 Å². The molecule has 1 N–H and O–H groups in total. The normalized spacial score (nSPS) is 10.5. The number of halogens is 1. The molecule has 2 aromatic rings. The molecule has 2 nitrogen and oxygen atoms in total. The first kappa shape index (κ1) is 14.1. The van der Waals surface area contributed by atoms with Gasteiger partial charge in [-0.1, -0.05) is 40.2 Å². The molecule has 0 fully saturated rings. The first-order valence-electron chi connectivity index (χ1n) is 6.27. The number of aryl methyl sites for hydroxylation is 1. The van der Waals surface area contributed by atoms with Gasteiger partial charge in [-0.25, -0.2) is 0 Å². The summed E-state index contributed by atoms with van der Waals surface area (Å²) in [5.41, 5.74) is 3.73. The largest absolute Gasteiger partial charge is 0.496 e. The van der Waals surface area contributed by atoms with E-state index in [0.29, 0.717) is 0 Å². The molecule has 2 aromatic carbocycles. The Morgan fingerprint density at radius 3 is 2.26 bits per heavy atom. The van der Waals surface area contributed by atoms with Crippen LogP contribution in [0.25, 0.3) is 0 Å². The number of nitrogens with one attached hydrogen (secondary N) is 1. The fourth-order valence-electron chi connectivity index (χ4n) is 2.00. The van der Waals surface area contributed by atoms with Crippen molar-refractivity contribution in [3.8, 4) is 5.75 Å². The van der Waals surface area contributed by atoms with E-state index in [0.717, 1.165) is 23.3 Å². The summed E-state index contributed by atoms with van der Waals surface area (Å²) < 4.78 is 6.37. The average Bonchev–Trinajstić information content (AvgIpc) is 2.41. The monoisotopic (exact) mass is 319 g/mol. The Balaban J connectivity index is 1.88. The predicted octanol–water partition coefficient (Wildman–Crippen LogP) is 4.06. The van der Waals surface area contributed by atoms with Gasteiger partial charge in [0.05, 0.1) is 7.11 Å². The number of hydrogen-bond acceptors (Lipinski definition) is 2. The Labute approximate surface area is 122 Å². The second-order valence-electron chi connectivity index (χ2n) is 4.53. The van der Waals surface area contributed by atoms with Crippen molar-refractivity contribution < 1.29 is 4.74 Å². The smallest absolute Gasteiger partial charge is 0.121 e. The molecule has 19 heavy (non-hydrogen) atoms. The van der Waals surface area contributed by atoms with Crippen LogP contribution in [0.1, 0.15) is 16.7 Å². The number of hydrogen-bond donors (Lipinski definition) is 1. The van der Waals surface area contributed by atoms with Crippen molar-refractivity contribution in [2.45, 2.75) is 20.0 Å². The molecule has 0 bridgehead atoms. The van der Waals surface area contributed by atoms with E-state index in [9.17, 15) is 0 Å². The minimum absolute atomic E-state index is 0.862. The molecule has 0 radical (unpaired) electrons. The summed E-state index contributed by atoms with van der Waals surface area (Å²) in [4.78, 5) is 0. The fraction of sp³-hybridized carbons (Fsp3) is 0.250. The Bertz CT molecular complexity index is 537. The fourth-order valence-corrected chi connectivity index (χ4v) is 2.27. The highest BCUT2D eigenvalue weighted by Crippen LogP contribution is 2.18. The molecular formula is C16H18BrNO. The van der Waals surface area contributed by atoms with Gasteiger partial charge in [-0.15, -0.1) is 0 Å². The van der Waals surface area contributed by atoms with Crippen molar-refractivity contribution in [1.29, 1.82) is 0 Å². The van der Waals surface area contributed by atoms with E-state index in [1.165, 1.54) is 16.7 Å². The minimum Gasteiger partial charge on any atom is -0.496 e. The summed E-state index contributed by atoms with van der Waals surface area (Å²) in [6.45, 7) is 3.80. The molecule has 0 spiro atoms. The highest BCUT2D eigenvalue weighted by Gasteiger charge is 2.00. The van der Waals surface area contributed by atoms with Crippen LogP contribution in [0.5, 0.6) is 5.75 Å². The van der Waals surface area contributed by atoms with Crippen molar-refractivity contribution in [3.05, 3.63) is 63.6 Å². The Kier molecular flexibility index (Phi) is 5.00. The van der Waals surface area contributed by atoms with Crippen LogP contribution in [-0.4, -0.2) is 7.11 Å². The Morgan fingerprint density at radius 2 is 1.63 bits per heavy atom. The second kappa shape index (κ2) is 6.73. The minimum atomic E-state index is 0.862. The lowest BCUT2D eigenvalue weighted by Gasteiger charge is -2.09. The molecule has 0 aliphatic carbocycles. The Morgan fingerprint density at radius 1 is 1.00 bits per heavy atom. The molecule has 0 aliphatic heterocycles. The molecule has 0 atom stereocenters. The lowest BCUT2D eigenvalue weighted by molar-refractivity contribution is 0.411. The van der Waals surface area contributed by atoms with E-state index in [1.54, 1.807) is 7.11 Å². The summed E-state index contributed by atoms with van der Waals surface area (Å²) in [6.07, 6.45) is 0. The maximum atomic E-state index is 5.26. The molecular weight excluding hydrogens is 302 g/mol. The first-order chi connectivity index (χ1) is 9.19. The topological polar surface area (TPSA) is 21.3 Å². The summed E-state index contributed by atoms with van der Waals surface area (Å²) in [5.74, 6) is 0.941. The van der Waals surface area contributed by atoms with Crippen molar-refractivity contribution >= 4 is 15.9 Å². The zero-order valence-corrected chi connectivity index (χ0v) is 12.8. The molecule has 0 heterocycles. The average molecular weight is 320 g/mol. The van der Waals surface area contributed by atoms with Crippen LogP contribution >= 0.6 is 15.9 Å². The highest BCUT2D eigenvalue weighted by molar-refractivity contribution is 9.10. The molecule has 0 saturated carbocycles. The molecule has 2 rings (SSSR count). The summed E-state index contributed by atoms with van der Waals surface area (Å²) in [7, 11) is 1.70. The Hall–Kier alpha value is -1.32. The van der Waals surface area contributed by atoms with Gasteiger partial charge in [-0.3, -0.25) is 0 Å². The summed E-state index contributed by atoms with van der Waals surface area (Å²) in [5, 5.41) is 3.45. The van der Waals surface area contributed by atoms with Gasteiger partial charge in [0, 0.05) is 17.6 Å². The third kappa shape index (κ3) is 4.08. The highest BCUT2D eigenvalue weighted by atomic mass is 79.9. The van der Waals surface area contributed by atoms with E-state index in [-0.39, 0.29) is 0 Å². The molecule has 3 heteroatoms. The maximum absolute atomic E-state index is 5.26. The van der Waals surface area contributed by atoms with E-state index >= 15 is 0 Å². The summed E-state index contributed by atoms with van der Waals surface area (Å²) >= 11 is 3.44. The lowest BCUT2D eigenvalue weighted by Crippen LogP contribution is -2.12. The second-order valence-corrected chi connectivity index (χ2v) is 5.45. The van der Waals surface area contributed by atoms with Crippen LogP contribution in [0.3, 0.4) is 0 Å². The molecule has 0 aromatic heterocycles. The molecule has 0 amide bonds. The number of ether oxygens (including phenoxy) is 1. The van der Waals surface area contributed by atoms with Gasteiger partial charge < -0.3 is 10.1 Å². The van der Waals surface area contributed by atoms with Crippen LogP contribution in [0.4, 0.5) is 0 Å². The third-order valence-electron chi connectivity index (χ3n) is 3.03. The number of benzene rings is 2. The molecule has 0 saturated heterocycles. The van der Waals surface area contributed by atoms with Crippen LogP contribution in [0.15, 0.2) is 46.9 Å². The van der Waals surface area contributed by atoms with Gasteiger partial charge in [0.25, 0.3) is 0 Å². The predicted molar refractivity (Wildman–Crippen MR) is 82.4 cm³/mol. The number of rotatable bonds is 5. The van der Waals surface area contributed by atoms with Gasteiger partial charge in [0.2, 0.25) is 0 Å².